The molecule has 0 aromatic heterocycles. The van der Waals surface area contributed by atoms with E-state index in [9.17, 15) is 0 Å². The summed E-state index contributed by atoms with van der Waals surface area (Å²) in [4.78, 5) is 0. The third-order valence-corrected chi connectivity index (χ3v) is 2.46. The van der Waals surface area contributed by atoms with E-state index in [-0.39, 0.29) is 0 Å². The lowest BCUT2D eigenvalue weighted by molar-refractivity contribution is 0.562. The molecule has 0 aliphatic rings. The van der Waals surface area contributed by atoms with Gasteiger partial charge in [0.1, 0.15) is 0 Å². The molecule has 13 heavy (non-hydrogen) atoms. The van der Waals surface area contributed by atoms with Gasteiger partial charge in [0, 0.05) is 0 Å². The van der Waals surface area contributed by atoms with Crippen molar-refractivity contribution < 1.29 is 0 Å². The van der Waals surface area contributed by atoms with E-state index in [0.717, 1.165) is 5.92 Å². The van der Waals surface area contributed by atoms with E-state index in [1.165, 1.54) is 51.4 Å². The number of unbranched alkanes of at least 4 members (excludes halogenated alkanes) is 7. The smallest absolute Gasteiger partial charge is 0.0386 e. The molecule has 0 aromatic carbocycles. The van der Waals surface area contributed by atoms with E-state index in [2.05, 4.69) is 27.2 Å². The summed E-state index contributed by atoms with van der Waals surface area (Å²) < 4.78 is 0. The third kappa shape index (κ3) is 12.0. The highest BCUT2D eigenvalue weighted by atomic mass is 14.0. The zero-order chi connectivity index (χ0) is 9.94. The van der Waals surface area contributed by atoms with Gasteiger partial charge in [-0.1, -0.05) is 65.7 Å². The lowest BCUT2D eigenvalue weighted by Crippen LogP contribution is -1.87. The summed E-state index contributed by atoms with van der Waals surface area (Å²) in [6.07, 6.45) is 13.6. The first kappa shape index (κ1) is 13.0. The minimum atomic E-state index is 0.872. The molecule has 0 aromatic rings. The Kier molecular flexibility index (Phi) is 10.1. The van der Waals surface area contributed by atoms with Crippen LogP contribution in [0.15, 0.2) is 0 Å². The van der Waals surface area contributed by atoms with E-state index in [4.69, 9.17) is 0 Å². The lowest BCUT2D eigenvalue weighted by atomic mass is 10.0. The third-order valence-electron chi connectivity index (χ3n) is 2.46. The second-order valence-corrected chi connectivity index (χ2v) is 4.46. The highest BCUT2D eigenvalue weighted by Crippen LogP contribution is 2.11. The van der Waals surface area contributed by atoms with Crippen LogP contribution in [-0.4, -0.2) is 0 Å². The fourth-order valence-corrected chi connectivity index (χ4v) is 1.49. The second-order valence-electron chi connectivity index (χ2n) is 4.46. The van der Waals surface area contributed by atoms with Crippen LogP contribution in [0.2, 0.25) is 0 Å². The van der Waals surface area contributed by atoms with Crippen LogP contribution in [0.1, 0.15) is 72.1 Å². The molecule has 0 atom stereocenters. The Morgan fingerprint density at radius 3 is 2.23 bits per heavy atom. The Balaban J connectivity index is 2.84. The Morgan fingerprint density at radius 2 is 1.62 bits per heavy atom. The van der Waals surface area contributed by atoms with Crippen LogP contribution in [0.3, 0.4) is 0 Å². The van der Waals surface area contributed by atoms with Crippen LogP contribution < -0.4 is 0 Å². The number of rotatable bonds is 9. The minimum absolute atomic E-state index is 0.872. The summed E-state index contributed by atoms with van der Waals surface area (Å²) >= 11 is 0. The molecule has 0 bridgehead atoms. The van der Waals surface area contributed by atoms with Crippen LogP contribution in [-0.2, 0) is 0 Å². The van der Waals surface area contributed by atoms with Gasteiger partial charge in [-0.3, -0.25) is 0 Å². The molecule has 0 fully saturated rings. The predicted molar refractivity (Wildman–Crippen MR) is 61.7 cm³/mol. The van der Waals surface area contributed by atoms with Gasteiger partial charge in [0.2, 0.25) is 0 Å². The number of hydrogen-bond donors (Lipinski definition) is 0. The summed E-state index contributed by atoms with van der Waals surface area (Å²) in [5.74, 6) is 0.872. The summed E-state index contributed by atoms with van der Waals surface area (Å²) in [6, 6.07) is 0. The van der Waals surface area contributed by atoms with E-state index in [1.807, 2.05) is 0 Å². The average Bonchev–Trinajstić information content (AvgIpc) is 2.09. The predicted octanol–water partition coefficient (Wildman–Crippen LogP) is 4.99. The second kappa shape index (κ2) is 10.1. The molecule has 0 heterocycles. The molecule has 0 nitrogen and oxygen atoms in total. The molecule has 0 saturated heterocycles. The maximum Gasteiger partial charge on any atom is -0.0386 e. The van der Waals surface area contributed by atoms with Gasteiger partial charge in [-0.2, -0.15) is 0 Å². The summed E-state index contributed by atoms with van der Waals surface area (Å²) in [7, 11) is 0. The molecule has 79 valence electrons. The van der Waals surface area contributed by atoms with Crippen molar-refractivity contribution in [2.45, 2.75) is 72.1 Å². The highest BCUT2D eigenvalue weighted by Gasteiger charge is 1.94. The Hall–Kier alpha value is 0. The summed E-state index contributed by atoms with van der Waals surface area (Å²) in [6.45, 7) is 6.87. The zero-order valence-corrected chi connectivity index (χ0v) is 9.81. The van der Waals surface area contributed by atoms with E-state index in [1.54, 1.807) is 0 Å². The van der Waals surface area contributed by atoms with Crippen molar-refractivity contribution in [1.29, 1.82) is 0 Å². The van der Waals surface area contributed by atoms with E-state index in [0.29, 0.717) is 0 Å². The Bertz CT molecular complexity index is 84.0. The fraction of sp³-hybridized carbons (Fsp3) is 0.923. The van der Waals surface area contributed by atoms with E-state index < -0.39 is 0 Å². The molecule has 0 aliphatic carbocycles. The molecule has 0 heteroatoms. The van der Waals surface area contributed by atoms with Crippen LogP contribution in [0, 0.1) is 12.3 Å². The molecule has 0 spiro atoms. The summed E-state index contributed by atoms with van der Waals surface area (Å²) in [5, 5.41) is 0. The molecule has 0 aliphatic heterocycles. The van der Waals surface area contributed by atoms with Crippen molar-refractivity contribution in [3.05, 3.63) is 6.42 Å². The van der Waals surface area contributed by atoms with Gasteiger partial charge < -0.3 is 0 Å². The van der Waals surface area contributed by atoms with Gasteiger partial charge in [-0.25, -0.2) is 0 Å². The molecule has 1 radical (unpaired) electrons. The normalized spacial score (nSPS) is 11.1. The monoisotopic (exact) mass is 183 g/mol. The molecule has 0 N–H and O–H groups in total. The van der Waals surface area contributed by atoms with Gasteiger partial charge in [-0.15, -0.1) is 0 Å². The lowest BCUT2D eigenvalue weighted by Gasteiger charge is -2.03. The van der Waals surface area contributed by atoms with Crippen molar-refractivity contribution in [3.8, 4) is 0 Å². The Labute approximate surface area is 85.1 Å². The standard InChI is InChI=1S/C13H27/c1-4-5-6-7-8-9-10-11-12-13(2)3/h10,13H,4-9,11-12H2,1-3H3. The zero-order valence-electron chi connectivity index (χ0n) is 9.81. The van der Waals surface area contributed by atoms with E-state index >= 15 is 0 Å². The van der Waals surface area contributed by atoms with Crippen LogP contribution in [0.4, 0.5) is 0 Å². The molecular formula is C13H27. The van der Waals surface area contributed by atoms with Gasteiger partial charge in [-0.05, 0) is 18.8 Å². The minimum Gasteiger partial charge on any atom is -0.0654 e. The molecule has 0 amide bonds. The van der Waals surface area contributed by atoms with Gasteiger partial charge in [0.25, 0.3) is 0 Å². The first-order valence-corrected chi connectivity index (χ1v) is 6.09. The SMILES string of the molecule is CCCCCCC[CH]CCC(C)C. The highest BCUT2D eigenvalue weighted by molar-refractivity contribution is 4.65. The largest absolute Gasteiger partial charge is 0.0654 e. The first-order chi connectivity index (χ1) is 6.27. The van der Waals surface area contributed by atoms with Crippen molar-refractivity contribution in [2.75, 3.05) is 0 Å². The average molecular weight is 183 g/mol. The molecular weight excluding hydrogens is 156 g/mol. The number of hydrogen-bond acceptors (Lipinski definition) is 0. The maximum atomic E-state index is 2.48. The quantitative estimate of drug-likeness (QED) is 0.442. The van der Waals surface area contributed by atoms with Crippen LogP contribution >= 0.6 is 0 Å². The van der Waals surface area contributed by atoms with Gasteiger partial charge >= 0.3 is 0 Å². The van der Waals surface area contributed by atoms with Crippen molar-refractivity contribution >= 4 is 0 Å². The first-order valence-electron chi connectivity index (χ1n) is 6.09. The molecule has 0 unspecified atom stereocenters. The topological polar surface area (TPSA) is 0 Å². The fourth-order valence-electron chi connectivity index (χ4n) is 1.49. The van der Waals surface area contributed by atoms with Gasteiger partial charge in [0.15, 0.2) is 0 Å². The summed E-state index contributed by atoms with van der Waals surface area (Å²) in [5.41, 5.74) is 0. The molecule has 0 saturated carbocycles. The van der Waals surface area contributed by atoms with Crippen LogP contribution in [0.25, 0.3) is 0 Å². The van der Waals surface area contributed by atoms with Crippen molar-refractivity contribution in [3.63, 3.8) is 0 Å². The van der Waals surface area contributed by atoms with Crippen molar-refractivity contribution in [2.24, 2.45) is 5.92 Å². The Morgan fingerprint density at radius 1 is 0.923 bits per heavy atom. The van der Waals surface area contributed by atoms with Crippen molar-refractivity contribution in [1.82, 2.24) is 0 Å². The molecule has 0 rings (SSSR count). The van der Waals surface area contributed by atoms with Gasteiger partial charge in [0.05, 0.1) is 0 Å². The maximum absolute atomic E-state index is 2.48. The van der Waals surface area contributed by atoms with Crippen LogP contribution in [0.5, 0.6) is 0 Å².